The zero-order valence-electron chi connectivity index (χ0n) is 15.8. The van der Waals surface area contributed by atoms with Crippen LogP contribution in [0, 0.1) is 11.8 Å². The van der Waals surface area contributed by atoms with Gasteiger partial charge in [-0.3, -0.25) is 4.79 Å². The number of ether oxygens (including phenoxy) is 1. The topological polar surface area (TPSA) is 46.5 Å². The average Bonchev–Trinajstić information content (AvgIpc) is 3.27. The summed E-state index contributed by atoms with van der Waals surface area (Å²) in [5, 5.41) is 8.69. The van der Waals surface area contributed by atoms with Crippen LogP contribution in [0.25, 0.3) is 6.08 Å². The van der Waals surface area contributed by atoms with Crippen LogP contribution in [0.3, 0.4) is 0 Å². The van der Waals surface area contributed by atoms with Crippen LogP contribution in [0.5, 0.6) is 0 Å². The summed E-state index contributed by atoms with van der Waals surface area (Å²) in [6.45, 7) is 0. The third-order valence-electron chi connectivity index (χ3n) is 5.56. The van der Waals surface area contributed by atoms with Crippen LogP contribution in [0.15, 0.2) is 48.6 Å². The predicted molar refractivity (Wildman–Crippen MR) is 113 cm³/mol. The lowest BCUT2D eigenvalue weighted by Gasteiger charge is -2.26. The SMILES string of the molecule is O=C(O)CCC/C=C\C[C@@H]1[C@@H](CSCC=Cc2ccccc2)[C@@H]2CC[C@H]1O2. The normalized spacial score (nSPS) is 27.1. The summed E-state index contributed by atoms with van der Waals surface area (Å²) in [6.07, 6.45) is 15.1. The molecule has 2 aliphatic heterocycles. The van der Waals surface area contributed by atoms with Gasteiger partial charge in [-0.25, -0.2) is 0 Å². The smallest absolute Gasteiger partial charge is 0.303 e. The van der Waals surface area contributed by atoms with Gasteiger partial charge in [-0.2, -0.15) is 11.8 Å². The first-order chi connectivity index (χ1) is 13.2. The minimum Gasteiger partial charge on any atom is -0.481 e. The molecule has 3 nitrogen and oxygen atoms in total. The fourth-order valence-corrected chi connectivity index (χ4v) is 5.29. The van der Waals surface area contributed by atoms with Crippen molar-refractivity contribution in [3.8, 4) is 0 Å². The molecule has 0 unspecified atom stereocenters. The third-order valence-corrected chi connectivity index (χ3v) is 6.61. The largest absolute Gasteiger partial charge is 0.481 e. The minimum absolute atomic E-state index is 0.261. The van der Waals surface area contributed by atoms with Gasteiger partial charge in [0.15, 0.2) is 0 Å². The van der Waals surface area contributed by atoms with Crippen molar-refractivity contribution in [2.45, 2.75) is 50.7 Å². The molecular formula is C23H30O3S. The number of rotatable bonds is 11. The van der Waals surface area contributed by atoms with E-state index < -0.39 is 5.97 Å². The number of hydrogen-bond donors (Lipinski definition) is 1. The molecule has 4 atom stereocenters. The first-order valence-electron chi connectivity index (χ1n) is 10.1. The highest BCUT2D eigenvalue weighted by Crippen LogP contribution is 2.46. The van der Waals surface area contributed by atoms with E-state index in [1.165, 1.54) is 18.4 Å². The molecule has 0 aliphatic carbocycles. The Morgan fingerprint density at radius 1 is 1.11 bits per heavy atom. The summed E-state index contributed by atoms with van der Waals surface area (Å²) in [4.78, 5) is 10.6. The van der Waals surface area contributed by atoms with Gasteiger partial charge in [0.1, 0.15) is 0 Å². The zero-order chi connectivity index (χ0) is 18.9. The number of benzene rings is 1. The molecule has 3 rings (SSSR count). The highest BCUT2D eigenvalue weighted by molar-refractivity contribution is 7.99. The number of fused-ring (bicyclic) bond motifs is 2. The van der Waals surface area contributed by atoms with Crippen LogP contribution in [0.4, 0.5) is 0 Å². The Balaban J connectivity index is 1.39. The van der Waals surface area contributed by atoms with Crippen molar-refractivity contribution in [3.05, 3.63) is 54.1 Å². The monoisotopic (exact) mass is 386 g/mol. The molecule has 2 fully saturated rings. The van der Waals surface area contributed by atoms with Crippen LogP contribution < -0.4 is 0 Å². The second kappa shape index (κ2) is 10.7. The quantitative estimate of drug-likeness (QED) is 0.407. The number of carboxylic acid groups (broad SMARTS) is 1. The lowest BCUT2D eigenvalue weighted by molar-refractivity contribution is -0.137. The van der Waals surface area contributed by atoms with E-state index in [9.17, 15) is 4.79 Å². The Morgan fingerprint density at radius 3 is 2.67 bits per heavy atom. The molecule has 0 spiro atoms. The van der Waals surface area contributed by atoms with E-state index in [0.29, 0.717) is 24.0 Å². The van der Waals surface area contributed by atoms with E-state index in [2.05, 4.69) is 48.6 Å². The van der Waals surface area contributed by atoms with Crippen LogP contribution in [0.1, 0.15) is 44.1 Å². The molecular weight excluding hydrogens is 356 g/mol. The fraction of sp³-hybridized carbons (Fsp3) is 0.522. The van der Waals surface area contributed by atoms with Gasteiger partial charge in [0.05, 0.1) is 12.2 Å². The van der Waals surface area contributed by atoms with Gasteiger partial charge < -0.3 is 9.84 Å². The fourth-order valence-electron chi connectivity index (χ4n) is 4.19. The predicted octanol–water partition coefficient (Wildman–Crippen LogP) is 5.43. The number of thioether (sulfide) groups is 1. The summed E-state index contributed by atoms with van der Waals surface area (Å²) >= 11 is 2.01. The van der Waals surface area contributed by atoms with Gasteiger partial charge in [-0.1, -0.05) is 54.6 Å². The molecule has 4 heteroatoms. The Kier molecular flexibility index (Phi) is 8.03. The molecule has 0 aromatic heterocycles. The molecule has 2 saturated heterocycles. The Morgan fingerprint density at radius 2 is 1.89 bits per heavy atom. The maximum absolute atomic E-state index is 10.6. The van der Waals surface area contributed by atoms with Crippen LogP contribution >= 0.6 is 11.8 Å². The number of carbonyl (C=O) groups is 1. The lowest BCUT2D eigenvalue weighted by Crippen LogP contribution is -2.28. The molecule has 2 bridgehead atoms. The van der Waals surface area contributed by atoms with E-state index in [0.717, 1.165) is 30.8 Å². The van der Waals surface area contributed by atoms with Gasteiger partial charge in [-0.05, 0) is 55.3 Å². The molecule has 146 valence electrons. The number of aliphatic carboxylic acids is 1. The second-order valence-corrected chi connectivity index (χ2v) is 8.54. The summed E-state index contributed by atoms with van der Waals surface area (Å²) in [5.41, 5.74) is 1.26. The summed E-state index contributed by atoms with van der Waals surface area (Å²) in [5.74, 6) is 2.79. The summed E-state index contributed by atoms with van der Waals surface area (Å²) < 4.78 is 6.19. The molecule has 1 N–H and O–H groups in total. The highest BCUT2D eigenvalue weighted by Gasteiger charge is 2.47. The van der Waals surface area contributed by atoms with Gasteiger partial charge in [0, 0.05) is 12.2 Å². The van der Waals surface area contributed by atoms with Crippen molar-refractivity contribution in [1.82, 2.24) is 0 Å². The Hall–Kier alpha value is -1.52. The van der Waals surface area contributed by atoms with Crippen molar-refractivity contribution >= 4 is 23.8 Å². The van der Waals surface area contributed by atoms with Crippen molar-refractivity contribution in [2.24, 2.45) is 11.8 Å². The molecule has 0 saturated carbocycles. The van der Waals surface area contributed by atoms with Crippen molar-refractivity contribution in [1.29, 1.82) is 0 Å². The first kappa shape index (κ1) is 20.2. The van der Waals surface area contributed by atoms with E-state index in [1.807, 2.05) is 17.8 Å². The molecule has 1 aromatic carbocycles. The summed E-state index contributed by atoms with van der Waals surface area (Å²) in [7, 11) is 0. The van der Waals surface area contributed by atoms with Crippen LogP contribution in [0.2, 0.25) is 0 Å². The summed E-state index contributed by atoms with van der Waals surface area (Å²) in [6, 6.07) is 10.4. The lowest BCUT2D eigenvalue weighted by atomic mass is 9.78. The Labute approximate surface area is 166 Å². The Bertz CT molecular complexity index is 640. The van der Waals surface area contributed by atoms with Gasteiger partial charge in [0.25, 0.3) is 0 Å². The van der Waals surface area contributed by atoms with E-state index in [4.69, 9.17) is 9.84 Å². The molecule has 0 radical (unpaired) electrons. The first-order valence-corrected chi connectivity index (χ1v) is 11.2. The number of unbranched alkanes of at least 4 members (excludes halogenated alkanes) is 1. The maximum atomic E-state index is 10.6. The van der Waals surface area contributed by atoms with Gasteiger partial charge in [-0.15, -0.1) is 0 Å². The van der Waals surface area contributed by atoms with Crippen LogP contribution in [-0.4, -0.2) is 34.8 Å². The van der Waals surface area contributed by atoms with Crippen molar-refractivity contribution in [2.75, 3.05) is 11.5 Å². The van der Waals surface area contributed by atoms with Crippen molar-refractivity contribution < 1.29 is 14.6 Å². The number of allylic oxidation sites excluding steroid dienone is 2. The van der Waals surface area contributed by atoms with E-state index in [1.54, 1.807) is 0 Å². The maximum Gasteiger partial charge on any atom is 0.303 e. The van der Waals surface area contributed by atoms with Crippen LogP contribution in [-0.2, 0) is 9.53 Å². The molecule has 0 amide bonds. The van der Waals surface area contributed by atoms with Gasteiger partial charge >= 0.3 is 5.97 Å². The van der Waals surface area contributed by atoms with E-state index in [-0.39, 0.29) is 6.42 Å². The zero-order valence-corrected chi connectivity index (χ0v) is 16.7. The van der Waals surface area contributed by atoms with Gasteiger partial charge in [0.2, 0.25) is 0 Å². The third kappa shape index (κ3) is 6.25. The highest BCUT2D eigenvalue weighted by atomic mass is 32.2. The van der Waals surface area contributed by atoms with E-state index >= 15 is 0 Å². The standard InChI is InChI=1S/C23H30O3S/c24-23(25)13-7-2-1-6-12-19-20(22-15-14-21(19)26-22)17-27-16-8-11-18-9-4-3-5-10-18/h1,3-6,8-11,19-22H,2,7,12-17H2,(H,24,25)/b6-1-,11-8?/t19-,20-,21-,22+/m1/s1. The van der Waals surface area contributed by atoms with Crippen molar-refractivity contribution in [3.63, 3.8) is 0 Å². The molecule has 1 aromatic rings. The molecule has 27 heavy (non-hydrogen) atoms. The average molecular weight is 387 g/mol. The molecule has 2 aliphatic rings. The number of carboxylic acids is 1. The second-order valence-electron chi connectivity index (χ2n) is 7.46. The molecule has 2 heterocycles. The minimum atomic E-state index is -0.705. The number of hydrogen-bond acceptors (Lipinski definition) is 3.